The first-order chi connectivity index (χ1) is 19.8. The number of rotatable bonds is 10. The van der Waals surface area contributed by atoms with E-state index in [4.69, 9.17) is 28.3 Å². The van der Waals surface area contributed by atoms with Gasteiger partial charge in [-0.3, -0.25) is 19.0 Å². The number of halogens is 2. The third-order valence-corrected chi connectivity index (χ3v) is 5.62. The van der Waals surface area contributed by atoms with Gasteiger partial charge in [0.15, 0.2) is 22.6 Å². The molecular weight excluding hydrogens is 573 g/mol. The number of ketones is 1. The number of nitrogens with zero attached hydrogens (tertiary/aromatic N) is 3. The summed E-state index contributed by atoms with van der Waals surface area (Å²) >= 11 is 6.45. The van der Waals surface area contributed by atoms with Gasteiger partial charge >= 0.3 is 5.97 Å². The monoisotopic (exact) mass is 603 g/mol. The lowest BCUT2D eigenvalue weighted by atomic mass is 10.1. The number of carboxylic acids is 1. The highest BCUT2D eigenvalue weighted by Gasteiger charge is 2.21. The minimum absolute atomic E-state index is 0.0459. The van der Waals surface area contributed by atoms with Gasteiger partial charge in [-0.15, -0.1) is 0 Å². The van der Waals surface area contributed by atoms with E-state index in [1.165, 1.54) is 25.1 Å². The highest BCUT2D eigenvalue weighted by atomic mass is 35.5. The molecule has 0 atom stereocenters. The maximum absolute atomic E-state index is 13.3. The summed E-state index contributed by atoms with van der Waals surface area (Å²) in [6, 6.07) is 10.5. The maximum Gasteiger partial charge on any atom is 0.335 e. The smallest absolute Gasteiger partial charge is 0.335 e. The summed E-state index contributed by atoms with van der Waals surface area (Å²) in [7, 11) is 0. The van der Waals surface area contributed by atoms with Crippen LogP contribution in [0.2, 0.25) is 5.15 Å². The predicted molar refractivity (Wildman–Crippen MR) is 157 cm³/mol. The molecule has 224 valence electrons. The van der Waals surface area contributed by atoms with Crippen LogP contribution in [-0.2, 0) is 22.7 Å². The Morgan fingerprint density at radius 1 is 1.14 bits per heavy atom. The van der Waals surface area contributed by atoms with Gasteiger partial charge in [0.25, 0.3) is 5.56 Å². The number of hydrogen-bond acceptors (Lipinski definition) is 9. The Bertz CT molecular complexity index is 1540. The molecule has 13 nitrogen and oxygen atoms in total. The number of anilines is 2. The van der Waals surface area contributed by atoms with Crippen molar-refractivity contribution in [2.45, 2.75) is 39.9 Å². The molecule has 0 fully saturated rings. The second kappa shape index (κ2) is 15.1. The van der Waals surface area contributed by atoms with Crippen LogP contribution in [0.1, 0.15) is 42.3 Å². The Morgan fingerprint density at radius 3 is 2.29 bits per heavy atom. The average Bonchev–Trinajstić information content (AvgIpc) is 2.94. The number of Topliss-reactive ketones (excluding diaryl/α,β-unsaturated/α-hetero) is 1. The number of nitrogens with one attached hydrogen (secondary N) is 2. The van der Waals surface area contributed by atoms with Crippen LogP contribution in [0.25, 0.3) is 11.3 Å². The Morgan fingerprint density at radius 2 is 1.76 bits per heavy atom. The zero-order valence-electron chi connectivity index (χ0n) is 23.0. The summed E-state index contributed by atoms with van der Waals surface area (Å²) in [5, 5.41) is 26.7. The molecule has 0 spiro atoms. The minimum atomic E-state index is -1.22. The Labute approximate surface area is 245 Å². The number of aromatic carboxylic acids is 1. The summed E-state index contributed by atoms with van der Waals surface area (Å²) in [5.74, 6) is -2.25. The average molecular weight is 604 g/mol. The third-order valence-electron chi connectivity index (χ3n) is 5.36. The number of nitrogens with two attached hydrogens (primary N) is 2. The number of carboxylic acid groups (broad SMARTS) is 1. The zero-order valence-corrected chi connectivity index (χ0v) is 23.8. The van der Waals surface area contributed by atoms with Gasteiger partial charge in [-0.2, -0.15) is 0 Å². The molecule has 0 radical (unpaired) electrons. The molecule has 15 heteroatoms. The molecule has 1 heterocycles. The Balaban J connectivity index is 0.00000113. The van der Waals surface area contributed by atoms with Crippen LogP contribution >= 0.6 is 11.6 Å². The van der Waals surface area contributed by atoms with Gasteiger partial charge in [0, 0.05) is 29.4 Å². The molecule has 0 saturated heterocycles. The largest absolute Gasteiger partial charge is 0.478 e. The predicted octanol–water partition coefficient (Wildman–Crippen LogP) is 2.62. The van der Waals surface area contributed by atoms with Gasteiger partial charge in [-0.05, 0) is 44.5 Å². The van der Waals surface area contributed by atoms with Gasteiger partial charge < -0.3 is 32.4 Å². The first kappa shape index (κ1) is 33.2. The SMILES string of the molecule is CC(=O)CF.CC(C)Nc1nc(Cl)c(-c2cc(N)cc(C(=O)O)c2)n(CC(=O)NCc2ccc(/C(N)=N/O)cc2)c1=O. The van der Waals surface area contributed by atoms with Crippen molar-refractivity contribution in [1.29, 1.82) is 0 Å². The van der Waals surface area contributed by atoms with Gasteiger partial charge in [0.2, 0.25) is 5.91 Å². The Hall–Kier alpha value is -4.98. The number of hydrogen-bond donors (Lipinski definition) is 6. The Kier molecular flexibility index (Phi) is 12.0. The molecule has 42 heavy (non-hydrogen) atoms. The standard InChI is InChI=1S/C24H26ClN7O5.C3H5FO/c1-12(2)29-22-23(34)32(11-18(33)28-10-13-3-5-14(6-4-13)21(27)31-37)19(20(25)30-22)15-7-16(24(35)36)9-17(26)8-15;1-3(5)2-4/h3-9,12,37H,10-11,26H2,1-2H3,(H2,27,31)(H,28,33)(H,29,30)(H,35,36);2H2,1H3. The van der Waals surface area contributed by atoms with Crippen molar-refractivity contribution < 1.29 is 29.1 Å². The summed E-state index contributed by atoms with van der Waals surface area (Å²) in [4.78, 5) is 51.3. The van der Waals surface area contributed by atoms with Crippen molar-refractivity contribution in [2.24, 2.45) is 10.9 Å². The summed E-state index contributed by atoms with van der Waals surface area (Å²) in [5.41, 5.74) is 12.3. The summed E-state index contributed by atoms with van der Waals surface area (Å²) < 4.78 is 11.9. The number of nitrogen functional groups attached to an aromatic ring is 1. The van der Waals surface area contributed by atoms with Crippen LogP contribution < -0.4 is 27.7 Å². The number of alkyl halides is 1. The molecule has 3 aromatic rings. The molecule has 0 aliphatic heterocycles. The van der Waals surface area contributed by atoms with E-state index in [-0.39, 0.29) is 51.9 Å². The molecule has 0 bridgehead atoms. The molecule has 0 aliphatic rings. The first-order valence-corrected chi connectivity index (χ1v) is 12.7. The second-order valence-electron chi connectivity index (χ2n) is 9.23. The summed E-state index contributed by atoms with van der Waals surface area (Å²) in [6.07, 6.45) is 0. The van der Waals surface area contributed by atoms with Crippen molar-refractivity contribution in [1.82, 2.24) is 14.9 Å². The number of oxime groups is 1. The molecule has 0 saturated carbocycles. The van der Waals surface area contributed by atoms with Gasteiger partial charge in [-0.25, -0.2) is 14.2 Å². The number of carbonyl (C=O) groups is 3. The molecule has 2 aromatic carbocycles. The molecule has 3 rings (SSSR count). The molecule has 1 aromatic heterocycles. The number of amidine groups is 1. The maximum atomic E-state index is 13.3. The van der Waals surface area contributed by atoms with Crippen LogP contribution in [0.5, 0.6) is 0 Å². The molecule has 0 unspecified atom stereocenters. The fourth-order valence-corrected chi connectivity index (χ4v) is 3.79. The van der Waals surface area contributed by atoms with Crippen LogP contribution in [0.4, 0.5) is 15.9 Å². The molecule has 8 N–H and O–H groups in total. The lowest BCUT2D eigenvalue weighted by Gasteiger charge is -2.18. The van der Waals surface area contributed by atoms with Crippen molar-refractivity contribution in [3.63, 3.8) is 0 Å². The number of aromatic nitrogens is 2. The van der Waals surface area contributed by atoms with Crippen molar-refractivity contribution in [2.75, 3.05) is 17.7 Å². The van der Waals surface area contributed by atoms with Crippen LogP contribution in [0.3, 0.4) is 0 Å². The lowest BCUT2D eigenvalue weighted by molar-refractivity contribution is -0.122. The lowest BCUT2D eigenvalue weighted by Crippen LogP contribution is -2.35. The zero-order chi connectivity index (χ0) is 31.6. The van der Waals surface area contributed by atoms with E-state index in [1.807, 2.05) is 13.8 Å². The quantitative estimate of drug-likeness (QED) is 0.0654. The normalized spacial score (nSPS) is 11.0. The topological polar surface area (TPSA) is 215 Å². The second-order valence-corrected chi connectivity index (χ2v) is 9.59. The third kappa shape index (κ3) is 9.30. The summed E-state index contributed by atoms with van der Waals surface area (Å²) in [6.45, 7) is 3.70. The van der Waals surface area contributed by atoms with E-state index in [9.17, 15) is 28.7 Å². The van der Waals surface area contributed by atoms with Crippen molar-refractivity contribution >= 4 is 46.6 Å². The highest BCUT2D eigenvalue weighted by molar-refractivity contribution is 6.32. The molecule has 1 amide bonds. The van der Waals surface area contributed by atoms with Gasteiger partial charge in [0.05, 0.1) is 11.3 Å². The minimum Gasteiger partial charge on any atom is -0.478 e. The fraction of sp³-hybridized carbons (Fsp3) is 0.259. The molecule has 0 aliphatic carbocycles. The van der Waals surface area contributed by atoms with E-state index in [2.05, 4.69) is 20.8 Å². The van der Waals surface area contributed by atoms with E-state index in [1.54, 1.807) is 24.3 Å². The van der Waals surface area contributed by atoms with Gasteiger partial charge in [0.1, 0.15) is 13.2 Å². The van der Waals surface area contributed by atoms with E-state index in [0.717, 1.165) is 10.1 Å². The van der Waals surface area contributed by atoms with Crippen molar-refractivity contribution in [3.05, 3.63) is 74.7 Å². The fourth-order valence-electron chi connectivity index (χ4n) is 3.50. The van der Waals surface area contributed by atoms with E-state index < -0.39 is 36.4 Å². The number of amides is 1. The molecular formula is C27H31ClFN7O6. The highest BCUT2D eigenvalue weighted by Crippen LogP contribution is 2.29. The van der Waals surface area contributed by atoms with Crippen LogP contribution in [-0.4, -0.2) is 56.1 Å². The van der Waals surface area contributed by atoms with Crippen LogP contribution in [0, 0.1) is 0 Å². The first-order valence-electron chi connectivity index (χ1n) is 12.4. The van der Waals surface area contributed by atoms with Crippen molar-refractivity contribution in [3.8, 4) is 11.3 Å². The number of benzene rings is 2. The van der Waals surface area contributed by atoms with E-state index >= 15 is 0 Å². The van der Waals surface area contributed by atoms with Crippen LogP contribution in [0.15, 0.2) is 52.4 Å². The number of carbonyl (C=O) groups excluding carboxylic acids is 2. The van der Waals surface area contributed by atoms with E-state index in [0.29, 0.717) is 5.56 Å². The van der Waals surface area contributed by atoms with Gasteiger partial charge in [-0.1, -0.05) is 41.0 Å².